The maximum absolute atomic E-state index is 5.11. The molecule has 0 amide bonds. The highest BCUT2D eigenvalue weighted by Gasteiger charge is 2.15. The van der Waals surface area contributed by atoms with Crippen LogP contribution in [0.15, 0.2) is 146 Å². The Morgan fingerprint density at radius 3 is 1.35 bits per heavy atom. The van der Waals surface area contributed by atoms with Gasteiger partial charge in [-0.2, -0.15) is 0 Å². The van der Waals surface area contributed by atoms with Crippen LogP contribution in [-0.4, -0.2) is 24.9 Å². The average Bonchev–Trinajstić information content (AvgIpc) is 3.09. The predicted molar refractivity (Wildman–Crippen MR) is 173 cm³/mol. The number of hydrogen-bond acceptors (Lipinski definition) is 5. The van der Waals surface area contributed by atoms with Crippen molar-refractivity contribution in [1.29, 1.82) is 0 Å². The minimum absolute atomic E-state index is 0.598. The van der Waals surface area contributed by atoms with Crippen molar-refractivity contribution in [2.75, 3.05) is 0 Å². The molecule has 5 heteroatoms. The number of rotatable bonds is 6. The lowest BCUT2D eigenvalue weighted by Crippen LogP contribution is -2.00. The summed E-state index contributed by atoms with van der Waals surface area (Å²) < 4.78 is 0. The second kappa shape index (κ2) is 11.6. The van der Waals surface area contributed by atoms with Gasteiger partial charge in [0.25, 0.3) is 0 Å². The largest absolute Gasteiger partial charge is 0.265 e. The number of aromatic nitrogens is 5. The molecule has 7 rings (SSSR count). The number of pyridine rings is 2. The van der Waals surface area contributed by atoms with E-state index in [2.05, 4.69) is 54.4 Å². The van der Waals surface area contributed by atoms with Gasteiger partial charge in [0.15, 0.2) is 17.5 Å². The third kappa shape index (κ3) is 5.69. The molecule has 0 fully saturated rings. The highest BCUT2D eigenvalue weighted by Crippen LogP contribution is 2.34. The Morgan fingerprint density at radius 2 is 0.791 bits per heavy atom. The van der Waals surface area contributed by atoms with E-state index >= 15 is 0 Å². The molecular weight excluding hydrogens is 526 g/mol. The number of hydrogen-bond donors (Lipinski definition) is 0. The van der Waals surface area contributed by atoms with Crippen molar-refractivity contribution in [2.45, 2.75) is 6.92 Å². The molecule has 0 aliphatic carbocycles. The third-order valence-electron chi connectivity index (χ3n) is 7.24. The van der Waals surface area contributed by atoms with Crippen molar-refractivity contribution < 1.29 is 0 Å². The zero-order chi connectivity index (χ0) is 29.0. The second-order valence-corrected chi connectivity index (χ2v) is 10.4. The van der Waals surface area contributed by atoms with Crippen LogP contribution in [0.4, 0.5) is 0 Å². The quantitative estimate of drug-likeness (QED) is 0.206. The first kappa shape index (κ1) is 26.1. The van der Waals surface area contributed by atoms with E-state index in [0.717, 1.165) is 55.9 Å². The van der Waals surface area contributed by atoms with E-state index in [0.29, 0.717) is 17.5 Å². The van der Waals surface area contributed by atoms with E-state index in [1.165, 1.54) is 0 Å². The zero-order valence-corrected chi connectivity index (χ0v) is 23.6. The molecule has 0 radical (unpaired) electrons. The molecule has 5 nitrogen and oxygen atoms in total. The van der Waals surface area contributed by atoms with Crippen LogP contribution in [0.3, 0.4) is 0 Å². The molecule has 0 bridgehead atoms. The highest BCUT2D eigenvalue weighted by molar-refractivity contribution is 5.80. The van der Waals surface area contributed by atoms with Gasteiger partial charge in [0.2, 0.25) is 0 Å². The molecular formula is C38H27N5. The maximum Gasteiger partial charge on any atom is 0.164 e. The minimum Gasteiger partial charge on any atom is -0.265 e. The van der Waals surface area contributed by atoms with Crippen molar-refractivity contribution in [3.05, 3.63) is 151 Å². The highest BCUT2D eigenvalue weighted by atomic mass is 15.0. The van der Waals surface area contributed by atoms with E-state index in [9.17, 15) is 0 Å². The molecule has 0 spiro atoms. The van der Waals surface area contributed by atoms with Crippen molar-refractivity contribution >= 4 is 0 Å². The summed E-state index contributed by atoms with van der Waals surface area (Å²) in [4.78, 5) is 24.2. The Balaban J connectivity index is 1.45. The number of benzene rings is 4. The molecule has 3 heterocycles. The fraction of sp³-hybridized carbons (Fsp3) is 0.0263. The Hall–Kier alpha value is -5.81. The summed E-state index contributed by atoms with van der Waals surface area (Å²) in [5, 5.41) is 0. The van der Waals surface area contributed by atoms with Crippen LogP contribution in [0.2, 0.25) is 0 Å². The van der Waals surface area contributed by atoms with E-state index in [4.69, 9.17) is 19.9 Å². The van der Waals surface area contributed by atoms with E-state index < -0.39 is 0 Å². The van der Waals surface area contributed by atoms with Crippen LogP contribution in [0.5, 0.6) is 0 Å². The Morgan fingerprint density at radius 1 is 0.349 bits per heavy atom. The molecule has 0 aliphatic rings. The Kier molecular flexibility index (Phi) is 7.04. The molecule has 0 saturated heterocycles. The van der Waals surface area contributed by atoms with Gasteiger partial charge >= 0.3 is 0 Å². The second-order valence-electron chi connectivity index (χ2n) is 10.4. The maximum atomic E-state index is 5.11. The van der Waals surface area contributed by atoms with Gasteiger partial charge in [-0.15, -0.1) is 0 Å². The minimum atomic E-state index is 0.598. The first-order chi connectivity index (χ1) is 21.2. The van der Waals surface area contributed by atoms with Crippen molar-refractivity contribution in [2.24, 2.45) is 0 Å². The summed E-state index contributed by atoms with van der Waals surface area (Å²) in [5.41, 5.74) is 9.84. The van der Waals surface area contributed by atoms with Crippen LogP contribution in [0.25, 0.3) is 67.8 Å². The van der Waals surface area contributed by atoms with E-state index in [1.807, 2.05) is 103 Å². The van der Waals surface area contributed by atoms with Crippen LogP contribution < -0.4 is 0 Å². The van der Waals surface area contributed by atoms with Crippen molar-refractivity contribution in [1.82, 2.24) is 24.9 Å². The van der Waals surface area contributed by atoms with Gasteiger partial charge < -0.3 is 0 Å². The number of nitrogens with zero attached hydrogens (tertiary/aromatic N) is 5. The summed E-state index contributed by atoms with van der Waals surface area (Å²) >= 11 is 0. The van der Waals surface area contributed by atoms with Crippen molar-refractivity contribution in [3.8, 4) is 67.8 Å². The van der Waals surface area contributed by atoms with Crippen LogP contribution in [-0.2, 0) is 0 Å². The lowest BCUT2D eigenvalue weighted by atomic mass is 9.97. The molecule has 0 atom stereocenters. The van der Waals surface area contributed by atoms with Crippen LogP contribution in [0, 0.1) is 6.92 Å². The van der Waals surface area contributed by atoms with Gasteiger partial charge in [-0.05, 0) is 66.1 Å². The fourth-order valence-electron chi connectivity index (χ4n) is 5.13. The Bertz CT molecular complexity index is 1950. The Labute approximate surface area is 250 Å². The molecule has 4 aromatic carbocycles. The number of aryl methyl sites for hydroxylation is 1. The average molecular weight is 554 g/mol. The molecule has 7 aromatic rings. The first-order valence-electron chi connectivity index (χ1n) is 14.2. The lowest BCUT2D eigenvalue weighted by molar-refractivity contribution is 1.07. The van der Waals surface area contributed by atoms with Crippen LogP contribution >= 0.6 is 0 Å². The molecule has 0 aliphatic heterocycles. The summed E-state index contributed by atoms with van der Waals surface area (Å²) in [5.74, 6) is 1.85. The first-order valence-corrected chi connectivity index (χ1v) is 14.2. The normalized spacial score (nSPS) is 10.9. The van der Waals surface area contributed by atoms with Crippen LogP contribution in [0.1, 0.15) is 5.56 Å². The molecule has 0 N–H and O–H groups in total. The molecule has 3 aromatic heterocycles. The summed E-state index contributed by atoms with van der Waals surface area (Å²) in [6.45, 7) is 2.11. The molecule has 43 heavy (non-hydrogen) atoms. The van der Waals surface area contributed by atoms with Crippen molar-refractivity contribution in [3.63, 3.8) is 0 Å². The third-order valence-corrected chi connectivity index (χ3v) is 7.24. The van der Waals surface area contributed by atoms with Gasteiger partial charge in [0.05, 0.1) is 11.4 Å². The smallest absolute Gasteiger partial charge is 0.164 e. The fourth-order valence-corrected chi connectivity index (χ4v) is 5.13. The van der Waals surface area contributed by atoms with E-state index in [-0.39, 0.29) is 0 Å². The van der Waals surface area contributed by atoms with E-state index in [1.54, 1.807) is 0 Å². The van der Waals surface area contributed by atoms with Gasteiger partial charge in [0, 0.05) is 40.2 Å². The van der Waals surface area contributed by atoms with Gasteiger partial charge in [0.1, 0.15) is 0 Å². The van der Waals surface area contributed by atoms with Gasteiger partial charge in [-0.25, -0.2) is 19.9 Å². The molecule has 204 valence electrons. The molecule has 0 unspecified atom stereocenters. The molecule has 0 saturated carbocycles. The standard InChI is InChI=1S/C38H27N5/c1-26-21-34(28-11-5-2-6-12-28)40-35(22-26)32-23-31(27-17-19-39-20-18-27)24-33(25-32)38-42-36(29-13-7-3-8-14-29)41-37(43-38)30-15-9-4-10-16-30/h2-25H,1H3. The van der Waals surface area contributed by atoms with Gasteiger partial charge in [-0.1, -0.05) is 91.0 Å². The zero-order valence-electron chi connectivity index (χ0n) is 23.6. The summed E-state index contributed by atoms with van der Waals surface area (Å²) in [6.07, 6.45) is 3.62. The summed E-state index contributed by atoms with van der Waals surface area (Å²) in [6, 6.07) is 45.0. The predicted octanol–water partition coefficient (Wildman–Crippen LogP) is 8.97. The van der Waals surface area contributed by atoms with Gasteiger partial charge in [-0.3, -0.25) is 4.98 Å². The monoisotopic (exact) mass is 553 g/mol. The lowest BCUT2D eigenvalue weighted by Gasteiger charge is -2.13. The summed E-state index contributed by atoms with van der Waals surface area (Å²) in [7, 11) is 0. The SMILES string of the molecule is Cc1cc(-c2ccccc2)nc(-c2cc(-c3ccncc3)cc(-c3nc(-c4ccccc4)nc(-c4ccccc4)n3)c2)c1. The topological polar surface area (TPSA) is 64.5 Å².